The van der Waals surface area contributed by atoms with Gasteiger partial charge in [0.2, 0.25) is 0 Å². The fraction of sp³-hybridized carbons (Fsp3) is 0.0588. The first-order valence-electron chi connectivity index (χ1n) is 6.58. The number of nitrogens with zero attached hydrogens (tertiary/aromatic N) is 1. The van der Waals surface area contributed by atoms with Gasteiger partial charge in [0.05, 0.1) is 11.1 Å². The van der Waals surface area contributed by atoms with Crippen LogP contribution in [-0.4, -0.2) is 10.9 Å². The van der Waals surface area contributed by atoms with Crippen molar-refractivity contribution in [3.63, 3.8) is 0 Å². The highest BCUT2D eigenvalue weighted by molar-refractivity contribution is 6.17. The van der Waals surface area contributed by atoms with Crippen molar-refractivity contribution in [2.45, 2.75) is 5.88 Å². The highest BCUT2D eigenvalue weighted by Gasteiger charge is 2.10. The van der Waals surface area contributed by atoms with E-state index < -0.39 is 0 Å². The summed E-state index contributed by atoms with van der Waals surface area (Å²) in [6, 6.07) is 16.8. The Morgan fingerprint density at radius 3 is 2.81 bits per heavy atom. The van der Waals surface area contributed by atoms with Gasteiger partial charge in [0, 0.05) is 23.2 Å². The summed E-state index contributed by atoms with van der Waals surface area (Å²) in [5.74, 6) is 0.266. The number of halogens is 1. The van der Waals surface area contributed by atoms with Crippen molar-refractivity contribution in [3.8, 4) is 0 Å². The van der Waals surface area contributed by atoms with Crippen LogP contribution in [0.4, 0.5) is 5.69 Å². The zero-order chi connectivity index (χ0) is 14.7. The molecule has 0 unspecified atom stereocenters. The molecular formula is C17H13ClN2O. The molecule has 0 fully saturated rings. The SMILES string of the molecule is O=C(Nc1cccc(CCl)c1)c1ccnc2ccccc12. The minimum absolute atomic E-state index is 0.152. The number of rotatable bonds is 3. The zero-order valence-corrected chi connectivity index (χ0v) is 12.0. The van der Waals surface area contributed by atoms with Crippen LogP contribution in [-0.2, 0) is 5.88 Å². The van der Waals surface area contributed by atoms with Crippen molar-refractivity contribution < 1.29 is 4.79 Å². The van der Waals surface area contributed by atoms with Crippen LogP contribution in [0.25, 0.3) is 10.9 Å². The van der Waals surface area contributed by atoms with E-state index in [4.69, 9.17) is 11.6 Å². The summed E-state index contributed by atoms with van der Waals surface area (Å²) in [7, 11) is 0. The summed E-state index contributed by atoms with van der Waals surface area (Å²) in [5.41, 5.74) is 3.12. The van der Waals surface area contributed by atoms with E-state index in [0.717, 1.165) is 22.2 Å². The van der Waals surface area contributed by atoms with Crippen LogP contribution in [0.5, 0.6) is 0 Å². The van der Waals surface area contributed by atoms with Crippen molar-refractivity contribution in [2.75, 3.05) is 5.32 Å². The third-order valence-electron chi connectivity index (χ3n) is 3.23. The molecule has 0 aliphatic heterocycles. The van der Waals surface area contributed by atoms with Gasteiger partial charge in [0.1, 0.15) is 0 Å². The lowest BCUT2D eigenvalue weighted by Gasteiger charge is -2.08. The average molecular weight is 297 g/mol. The average Bonchev–Trinajstić information content (AvgIpc) is 2.54. The molecule has 104 valence electrons. The van der Waals surface area contributed by atoms with Gasteiger partial charge in [-0.3, -0.25) is 9.78 Å². The monoisotopic (exact) mass is 296 g/mol. The molecule has 3 nitrogen and oxygen atoms in total. The molecule has 0 saturated carbocycles. The summed E-state index contributed by atoms with van der Waals surface area (Å²) in [4.78, 5) is 16.7. The Bertz CT molecular complexity index is 796. The molecule has 3 aromatic rings. The van der Waals surface area contributed by atoms with Crippen molar-refractivity contribution in [1.82, 2.24) is 4.98 Å². The molecule has 1 amide bonds. The van der Waals surface area contributed by atoms with Crippen LogP contribution in [0.2, 0.25) is 0 Å². The molecule has 1 aromatic heterocycles. The number of para-hydroxylation sites is 1. The number of hydrogen-bond donors (Lipinski definition) is 1. The van der Waals surface area contributed by atoms with Gasteiger partial charge in [0.15, 0.2) is 0 Å². The Morgan fingerprint density at radius 1 is 1.10 bits per heavy atom. The van der Waals surface area contributed by atoms with Gasteiger partial charge in [-0.2, -0.15) is 0 Å². The molecule has 0 aliphatic carbocycles. The largest absolute Gasteiger partial charge is 0.322 e. The van der Waals surface area contributed by atoms with Crippen molar-refractivity contribution in [2.24, 2.45) is 0 Å². The number of nitrogens with one attached hydrogen (secondary N) is 1. The summed E-state index contributed by atoms with van der Waals surface area (Å²) < 4.78 is 0. The minimum Gasteiger partial charge on any atom is -0.322 e. The van der Waals surface area contributed by atoms with Gasteiger partial charge in [-0.15, -0.1) is 11.6 Å². The van der Waals surface area contributed by atoms with Crippen molar-refractivity contribution in [3.05, 3.63) is 71.9 Å². The number of amides is 1. The molecule has 21 heavy (non-hydrogen) atoms. The van der Waals surface area contributed by atoms with E-state index in [1.165, 1.54) is 0 Å². The molecule has 2 aromatic carbocycles. The number of benzene rings is 2. The normalized spacial score (nSPS) is 10.5. The molecule has 0 aliphatic rings. The zero-order valence-electron chi connectivity index (χ0n) is 11.2. The Balaban J connectivity index is 1.93. The first kappa shape index (κ1) is 13.6. The second-order valence-electron chi connectivity index (χ2n) is 4.66. The van der Waals surface area contributed by atoms with Crippen molar-refractivity contribution in [1.29, 1.82) is 0 Å². The van der Waals surface area contributed by atoms with Gasteiger partial charge in [-0.05, 0) is 29.8 Å². The van der Waals surface area contributed by atoms with Gasteiger partial charge < -0.3 is 5.32 Å². The van der Waals surface area contributed by atoms with Crippen LogP contribution in [0.15, 0.2) is 60.8 Å². The van der Waals surface area contributed by atoms with Gasteiger partial charge in [0.25, 0.3) is 5.91 Å². The quantitative estimate of drug-likeness (QED) is 0.735. The predicted molar refractivity (Wildman–Crippen MR) is 85.7 cm³/mol. The fourth-order valence-electron chi connectivity index (χ4n) is 2.22. The summed E-state index contributed by atoms with van der Waals surface area (Å²) in [5, 5.41) is 3.74. The molecular weight excluding hydrogens is 284 g/mol. The Morgan fingerprint density at radius 2 is 1.95 bits per heavy atom. The van der Waals surface area contributed by atoms with Crippen LogP contribution in [0.1, 0.15) is 15.9 Å². The van der Waals surface area contributed by atoms with Gasteiger partial charge >= 0.3 is 0 Å². The standard InChI is InChI=1S/C17H13ClN2O/c18-11-12-4-3-5-13(10-12)20-17(21)15-8-9-19-16-7-2-1-6-14(15)16/h1-10H,11H2,(H,20,21). The van der Waals surface area contributed by atoms with E-state index in [0.29, 0.717) is 11.4 Å². The second kappa shape index (κ2) is 5.94. The van der Waals surface area contributed by atoms with E-state index in [-0.39, 0.29) is 5.91 Å². The van der Waals surface area contributed by atoms with E-state index in [2.05, 4.69) is 10.3 Å². The number of carbonyl (C=O) groups excluding carboxylic acids is 1. The lowest BCUT2D eigenvalue weighted by molar-refractivity contribution is 0.102. The van der Waals surface area contributed by atoms with E-state index in [9.17, 15) is 4.79 Å². The molecule has 0 saturated heterocycles. The Labute approximate surface area is 127 Å². The minimum atomic E-state index is -0.152. The predicted octanol–water partition coefficient (Wildman–Crippen LogP) is 4.23. The van der Waals surface area contributed by atoms with Crippen molar-refractivity contribution >= 4 is 34.1 Å². The third-order valence-corrected chi connectivity index (χ3v) is 3.54. The topological polar surface area (TPSA) is 42.0 Å². The molecule has 0 spiro atoms. The van der Waals surface area contributed by atoms with Crippen LogP contribution >= 0.6 is 11.6 Å². The van der Waals surface area contributed by atoms with E-state index in [1.807, 2.05) is 48.5 Å². The van der Waals surface area contributed by atoms with Gasteiger partial charge in [-0.1, -0.05) is 30.3 Å². The number of anilines is 1. The second-order valence-corrected chi connectivity index (χ2v) is 4.93. The number of alkyl halides is 1. The van der Waals surface area contributed by atoms with Crippen LogP contribution in [0.3, 0.4) is 0 Å². The first-order chi connectivity index (χ1) is 10.3. The molecule has 1 N–H and O–H groups in total. The van der Waals surface area contributed by atoms with E-state index in [1.54, 1.807) is 12.3 Å². The maximum atomic E-state index is 12.5. The first-order valence-corrected chi connectivity index (χ1v) is 7.11. The smallest absolute Gasteiger partial charge is 0.256 e. The molecule has 3 rings (SSSR count). The summed E-state index contributed by atoms with van der Waals surface area (Å²) in [6.07, 6.45) is 1.65. The lowest BCUT2D eigenvalue weighted by atomic mass is 10.1. The van der Waals surface area contributed by atoms with Crippen LogP contribution < -0.4 is 5.32 Å². The molecule has 0 atom stereocenters. The number of carbonyl (C=O) groups is 1. The number of hydrogen-bond acceptors (Lipinski definition) is 2. The summed E-state index contributed by atoms with van der Waals surface area (Å²) in [6.45, 7) is 0. The third kappa shape index (κ3) is 2.88. The molecule has 1 heterocycles. The maximum Gasteiger partial charge on any atom is 0.256 e. The molecule has 0 bridgehead atoms. The Kier molecular flexibility index (Phi) is 3.84. The molecule has 4 heteroatoms. The highest BCUT2D eigenvalue weighted by atomic mass is 35.5. The maximum absolute atomic E-state index is 12.5. The van der Waals surface area contributed by atoms with Crippen LogP contribution in [0, 0.1) is 0 Å². The number of aromatic nitrogens is 1. The summed E-state index contributed by atoms with van der Waals surface area (Å²) >= 11 is 5.81. The fourth-order valence-corrected chi connectivity index (χ4v) is 2.39. The Hall–Kier alpha value is -2.39. The number of fused-ring (bicyclic) bond motifs is 1. The van der Waals surface area contributed by atoms with Gasteiger partial charge in [-0.25, -0.2) is 0 Å². The lowest BCUT2D eigenvalue weighted by Crippen LogP contribution is -2.12. The molecule has 0 radical (unpaired) electrons. The van der Waals surface area contributed by atoms with E-state index >= 15 is 0 Å². The highest BCUT2D eigenvalue weighted by Crippen LogP contribution is 2.19. The number of pyridine rings is 1.